The van der Waals surface area contributed by atoms with Gasteiger partial charge in [-0.1, -0.05) is 60.7 Å². The Morgan fingerprint density at radius 1 is 0.840 bits per heavy atom. The summed E-state index contributed by atoms with van der Waals surface area (Å²) in [5, 5.41) is 6.07. The van der Waals surface area contributed by atoms with E-state index in [4.69, 9.17) is 0 Å². The summed E-state index contributed by atoms with van der Waals surface area (Å²) >= 11 is 0. The van der Waals surface area contributed by atoms with Crippen LogP contribution in [0.2, 0.25) is 0 Å². The Morgan fingerprint density at radius 2 is 1.64 bits per heavy atom. The van der Waals surface area contributed by atoms with Gasteiger partial charge in [0, 0.05) is 23.2 Å². The number of rotatable bonds is 1. The molecule has 0 unspecified atom stereocenters. The molecule has 1 atom stereocenters. The zero-order valence-corrected chi connectivity index (χ0v) is 14.0. The van der Waals surface area contributed by atoms with Crippen LogP contribution >= 0.6 is 0 Å². The van der Waals surface area contributed by atoms with E-state index in [1.54, 1.807) is 0 Å². The van der Waals surface area contributed by atoms with Gasteiger partial charge in [-0.15, -0.1) is 0 Å². The van der Waals surface area contributed by atoms with E-state index in [-0.39, 0.29) is 6.04 Å². The summed E-state index contributed by atoms with van der Waals surface area (Å²) < 4.78 is 0. The first-order valence-electron chi connectivity index (χ1n) is 8.93. The number of hydrogen-bond acceptors (Lipinski definition) is 2. The average molecular weight is 325 g/mol. The van der Waals surface area contributed by atoms with Crippen LogP contribution in [0.25, 0.3) is 16.3 Å². The Labute approximate surface area is 147 Å². The Morgan fingerprint density at radius 3 is 2.52 bits per heavy atom. The molecule has 1 aliphatic heterocycles. The zero-order chi connectivity index (χ0) is 16.8. The van der Waals surface area contributed by atoms with Crippen LogP contribution in [0.5, 0.6) is 0 Å². The van der Waals surface area contributed by atoms with Crippen LogP contribution in [0.15, 0.2) is 72.3 Å². The van der Waals surface area contributed by atoms with Crippen LogP contribution in [0.4, 0.5) is 5.69 Å². The van der Waals surface area contributed by atoms with Crippen molar-refractivity contribution in [1.29, 1.82) is 0 Å². The molecule has 0 saturated heterocycles. The molecule has 122 valence electrons. The van der Waals surface area contributed by atoms with Crippen molar-refractivity contribution in [2.45, 2.75) is 25.3 Å². The molecule has 25 heavy (non-hydrogen) atoms. The fourth-order valence-corrected chi connectivity index (χ4v) is 4.29. The maximum absolute atomic E-state index is 12.9. The second-order valence-electron chi connectivity index (χ2n) is 6.87. The van der Waals surface area contributed by atoms with Gasteiger partial charge >= 0.3 is 0 Å². The molecule has 0 spiro atoms. The highest BCUT2D eigenvalue weighted by Gasteiger charge is 2.34. The van der Waals surface area contributed by atoms with Gasteiger partial charge in [0.25, 0.3) is 0 Å². The van der Waals surface area contributed by atoms with E-state index in [1.165, 1.54) is 21.9 Å². The number of hydrogen-bond donors (Lipinski definition) is 1. The first-order valence-corrected chi connectivity index (χ1v) is 8.93. The monoisotopic (exact) mass is 325 g/mol. The number of Topliss-reactive ketones (excluding diaryl/α,β-unsaturated/α-hetero) is 1. The third kappa shape index (κ3) is 2.21. The highest BCUT2D eigenvalue weighted by Crippen LogP contribution is 2.47. The fourth-order valence-electron chi connectivity index (χ4n) is 4.29. The molecule has 2 nitrogen and oxygen atoms in total. The van der Waals surface area contributed by atoms with Crippen molar-refractivity contribution in [2.75, 3.05) is 5.32 Å². The smallest absolute Gasteiger partial charge is 0.163 e. The third-order valence-electron chi connectivity index (χ3n) is 5.41. The molecule has 5 rings (SSSR count). The Balaban J connectivity index is 1.81. The Bertz CT molecular complexity index is 1020. The first-order chi connectivity index (χ1) is 12.3. The molecule has 0 radical (unpaired) electrons. The predicted molar refractivity (Wildman–Crippen MR) is 103 cm³/mol. The molecule has 0 aromatic heterocycles. The molecule has 1 heterocycles. The second kappa shape index (κ2) is 5.59. The van der Waals surface area contributed by atoms with Crippen molar-refractivity contribution in [3.05, 3.63) is 83.4 Å². The summed E-state index contributed by atoms with van der Waals surface area (Å²) in [5.41, 5.74) is 5.62. The lowest BCUT2D eigenvalue weighted by Gasteiger charge is -2.35. The lowest BCUT2D eigenvalue weighted by atomic mass is 9.77. The van der Waals surface area contributed by atoms with E-state index in [0.717, 1.165) is 29.7 Å². The van der Waals surface area contributed by atoms with E-state index in [9.17, 15) is 4.79 Å². The molecule has 0 fully saturated rings. The summed E-state index contributed by atoms with van der Waals surface area (Å²) in [6, 6.07) is 23.2. The molecule has 0 amide bonds. The van der Waals surface area contributed by atoms with E-state index in [1.807, 2.05) is 6.07 Å². The van der Waals surface area contributed by atoms with Gasteiger partial charge < -0.3 is 5.32 Å². The van der Waals surface area contributed by atoms with Crippen LogP contribution < -0.4 is 5.32 Å². The summed E-state index contributed by atoms with van der Waals surface area (Å²) in [7, 11) is 0. The summed E-state index contributed by atoms with van der Waals surface area (Å²) in [6.07, 6.45) is 2.59. The number of ketones is 1. The van der Waals surface area contributed by atoms with Crippen molar-refractivity contribution in [3.63, 3.8) is 0 Å². The molecule has 3 aromatic rings. The minimum atomic E-state index is 0.0918. The number of fused-ring (bicyclic) bond motifs is 4. The fraction of sp³-hybridized carbons (Fsp3) is 0.174. The lowest BCUT2D eigenvalue weighted by Crippen LogP contribution is -2.25. The number of benzene rings is 3. The summed E-state index contributed by atoms with van der Waals surface area (Å²) in [5.74, 6) is 0.293. The van der Waals surface area contributed by atoms with E-state index in [2.05, 4.69) is 66.0 Å². The number of carbonyl (C=O) groups excluding carboxylic acids is 1. The Hall–Kier alpha value is -2.87. The van der Waals surface area contributed by atoms with Crippen molar-refractivity contribution in [2.24, 2.45) is 0 Å². The number of carbonyl (C=O) groups is 1. The van der Waals surface area contributed by atoms with Gasteiger partial charge in [0.15, 0.2) is 5.78 Å². The molecular weight excluding hydrogens is 306 g/mol. The molecule has 1 aliphatic carbocycles. The van der Waals surface area contributed by atoms with E-state index < -0.39 is 0 Å². The molecule has 2 aliphatic rings. The van der Waals surface area contributed by atoms with E-state index >= 15 is 0 Å². The summed E-state index contributed by atoms with van der Waals surface area (Å²) in [4.78, 5) is 12.9. The largest absolute Gasteiger partial charge is 0.374 e. The van der Waals surface area contributed by atoms with Gasteiger partial charge in [-0.05, 0) is 40.8 Å². The first kappa shape index (κ1) is 14.5. The van der Waals surface area contributed by atoms with Crippen LogP contribution in [-0.2, 0) is 4.79 Å². The third-order valence-corrected chi connectivity index (χ3v) is 5.41. The minimum Gasteiger partial charge on any atom is -0.374 e. The predicted octanol–water partition coefficient (Wildman–Crippen LogP) is 5.51. The van der Waals surface area contributed by atoms with Gasteiger partial charge in [0.1, 0.15) is 0 Å². The van der Waals surface area contributed by atoms with Crippen LogP contribution in [0.3, 0.4) is 0 Å². The van der Waals surface area contributed by atoms with Crippen molar-refractivity contribution in [3.8, 4) is 0 Å². The molecule has 2 heteroatoms. The zero-order valence-electron chi connectivity index (χ0n) is 14.0. The molecule has 3 aromatic carbocycles. The highest BCUT2D eigenvalue weighted by atomic mass is 16.1. The van der Waals surface area contributed by atoms with Gasteiger partial charge in [-0.3, -0.25) is 4.79 Å². The second-order valence-corrected chi connectivity index (χ2v) is 6.87. The van der Waals surface area contributed by atoms with Gasteiger partial charge in [0.2, 0.25) is 0 Å². The summed E-state index contributed by atoms with van der Waals surface area (Å²) in [6.45, 7) is 0. The minimum absolute atomic E-state index is 0.0918. The maximum atomic E-state index is 12.9. The molecule has 1 N–H and O–H groups in total. The number of anilines is 1. The van der Waals surface area contributed by atoms with Gasteiger partial charge in [-0.2, -0.15) is 0 Å². The van der Waals surface area contributed by atoms with Gasteiger partial charge in [0.05, 0.1) is 6.04 Å². The van der Waals surface area contributed by atoms with Gasteiger partial charge in [-0.25, -0.2) is 0 Å². The Kier molecular flexibility index (Phi) is 3.24. The quantitative estimate of drug-likeness (QED) is 0.639. The number of nitrogens with one attached hydrogen (secondary N) is 1. The molecule has 0 saturated carbocycles. The van der Waals surface area contributed by atoms with Crippen molar-refractivity contribution < 1.29 is 4.79 Å². The van der Waals surface area contributed by atoms with Crippen molar-refractivity contribution in [1.82, 2.24) is 0 Å². The average Bonchev–Trinajstić information content (AvgIpc) is 2.68. The maximum Gasteiger partial charge on any atom is 0.163 e. The topological polar surface area (TPSA) is 29.1 Å². The highest BCUT2D eigenvalue weighted by molar-refractivity contribution is 6.27. The molecular formula is C23H19NO. The van der Waals surface area contributed by atoms with Crippen molar-refractivity contribution >= 4 is 27.8 Å². The SMILES string of the molecule is O=C1CCCC2=C1c1c(ccc3ccccc13)N[C@H]2c1ccccc1. The lowest BCUT2D eigenvalue weighted by molar-refractivity contribution is -0.114. The van der Waals surface area contributed by atoms with Crippen LogP contribution in [0.1, 0.15) is 36.4 Å². The normalized spacial score (nSPS) is 19.4. The van der Waals surface area contributed by atoms with Crippen LogP contribution in [-0.4, -0.2) is 5.78 Å². The van der Waals surface area contributed by atoms with E-state index in [0.29, 0.717) is 12.2 Å². The van der Waals surface area contributed by atoms with Crippen LogP contribution in [0, 0.1) is 0 Å². The standard InChI is InChI=1S/C23H19NO/c25-20-12-6-11-18-22(20)21-17-10-5-4-7-15(17)13-14-19(21)24-23(18)16-8-2-1-3-9-16/h1-5,7-10,13-14,23-24H,6,11-12H2/t23-/m0/s1. The number of allylic oxidation sites excluding steroid dienone is 1. The molecule has 0 bridgehead atoms.